The summed E-state index contributed by atoms with van der Waals surface area (Å²) in [7, 11) is 0. The SMILES string of the molecule is O=C(CN1C(=O)C2CCCCC2C1=O)N1CCN(C(c2ccc(F)cc2)c2ccc(F)cc2)CC1. The lowest BCUT2D eigenvalue weighted by molar-refractivity contribution is -0.147. The van der Waals surface area contributed by atoms with Crippen molar-refractivity contribution in [2.45, 2.75) is 31.7 Å². The molecule has 0 bridgehead atoms. The van der Waals surface area contributed by atoms with Crippen molar-refractivity contribution < 1.29 is 23.2 Å². The lowest BCUT2D eigenvalue weighted by Crippen LogP contribution is -2.52. The molecule has 2 unspecified atom stereocenters. The molecule has 3 fully saturated rings. The summed E-state index contributed by atoms with van der Waals surface area (Å²) in [6.07, 6.45) is 3.36. The van der Waals surface area contributed by atoms with Crippen LogP contribution < -0.4 is 0 Å². The fourth-order valence-electron chi connectivity index (χ4n) is 5.76. The highest BCUT2D eigenvalue weighted by Crippen LogP contribution is 2.38. The van der Waals surface area contributed by atoms with Gasteiger partial charge in [-0.15, -0.1) is 0 Å². The number of halogens is 2. The Morgan fingerprint density at radius 1 is 0.771 bits per heavy atom. The second kappa shape index (κ2) is 9.85. The summed E-state index contributed by atoms with van der Waals surface area (Å²) >= 11 is 0. The number of rotatable bonds is 5. The number of piperazine rings is 1. The van der Waals surface area contributed by atoms with E-state index in [1.807, 2.05) is 0 Å². The molecule has 2 saturated heterocycles. The van der Waals surface area contributed by atoms with Crippen LogP contribution in [0.25, 0.3) is 0 Å². The molecular weight excluding hydrogens is 452 g/mol. The molecule has 2 aromatic rings. The third-order valence-electron chi connectivity index (χ3n) is 7.63. The van der Waals surface area contributed by atoms with Crippen molar-refractivity contribution in [3.05, 3.63) is 71.3 Å². The average Bonchev–Trinajstić information content (AvgIpc) is 3.12. The topological polar surface area (TPSA) is 60.9 Å². The third kappa shape index (κ3) is 4.72. The number of carbonyl (C=O) groups is 3. The van der Waals surface area contributed by atoms with Crippen molar-refractivity contribution in [1.82, 2.24) is 14.7 Å². The maximum Gasteiger partial charge on any atom is 0.242 e. The Morgan fingerprint density at radius 2 is 1.23 bits per heavy atom. The fraction of sp³-hybridized carbons (Fsp3) is 0.444. The van der Waals surface area contributed by atoms with Gasteiger partial charge in [-0.2, -0.15) is 0 Å². The summed E-state index contributed by atoms with van der Waals surface area (Å²) < 4.78 is 27.1. The number of likely N-dealkylation sites (tertiary alicyclic amines) is 1. The van der Waals surface area contributed by atoms with Crippen molar-refractivity contribution >= 4 is 17.7 Å². The van der Waals surface area contributed by atoms with Crippen LogP contribution in [0, 0.1) is 23.5 Å². The van der Waals surface area contributed by atoms with Gasteiger partial charge < -0.3 is 4.90 Å². The van der Waals surface area contributed by atoms with Crippen LogP contribution in [-0.4, -0.2) is 65.1 Å². The van der Waals surface area contributed by atoms with E-state index in [0.717, 1.165) is 36.8 Å². The predicted molar refractivity (Wildman–Crippen MR) is 125 cm³/mol. The number of fused-ring (bicyclic) bond motifs is 1. The molecule has 2 heterocycles. The van der Waals surface area contributed by atoms with E-state index >= 15 is 0 Å². The smallest absolute Gasteiger partial charge is 0.242 e. The summed E-state index contributed by atoms with van der Waals surface area (Å²) in [6, 6.07) is 12.3. The van der Waals surface area contributed by atoms with Crippen molar-refractivity contribution in [3.63, 3.8) is 0 Å². The van der Waals surface area contributed by atoms with Crippen molar-refractivity contribution in [2.24, 2.45) is 11.8 Å². The van der Waals surface area contributed by atoms with Gasteiger partial charge >= 0.3 is 0 Å². The number of nitrogens with zero attached hydrogens (tertiary/aromatic N) is 3. The molecule has 8 heteroatoms. The quantitative estimate of drug-likeness (QED) is 0.615. The van der Waals surface area contributed by atoms with E-state index in [1.165, 1.54) is 29.2 Å². The van der Waals surface area contributed by atoms with E-state index in [0.29, 0.717) is 26.2 Å². The fourth-order valence-corrected chi connectivity index (χ4v) is 5.76. The first kappa shape index (κ1) is 23.6. The first-order chi connectivity index (χ1) is 16.9. The van der Waals surface area contributed by atoms with Gasteiger partial charge in [0.25, 0.3) is 0 Å². The molecule has 0 N–H and O–H groups in total. The minimum absolute atomic E-state index is 0.190. The molecule has 5 rings (SSSR count). The zero-order valence-electron chi connectivity index (χ0n) is 19.5. The van der Waals surface area contributed by atoms with Gasteiger partial charge in [-0.05, 0) is 48.2 Å². The zero-order chi connectivity index (χ0) is 24.5. The van der Waals surface area contributed by atoms with E-state index in [1.54, 1.807) is 29.2 Å². The summed E-state index contributed by atoms with van der Waals surface area (Å²) in [5, 5.41) is 0. The minimum atomic E-state index is -0.326. The molecule has 35 heavy (non-hydrogen) atoms. The number of carbonyl (C=O) groups excluding carboxylic acids is 3. The van der Waals surface area contributed by atoms with Gasteiger partial charge in [0, 0.05) is 26.2 Å². The number of amides is 3. The molecule has 6 nitrogen and oxygen atoms in total. The molecule has 2 atom stereocenters. The normalized spacial score (nSPS) is 23.2. The van der Waals surface area contributed by atoms with E-state index < -0.39 is 0 Å². The minimum Gasteiger partial charge on any atom is -0.339 e. The standard InChI is InChI=1S/C27H29F2N3O3/c28-20-9-5-18(6-10-20)25(19-7-11-21(29)12-8-19)31-15-13-30(14-16-31)24(33)17-32-26(34)22-3-1-2-4-23(22)27(32)35/h5-12,22-23,25H,1-4,13-17H2. The van der Waals surface area contributed by atoms with Crippen molar-refractivity contribution in [2.75, 3.05) is 32.7 Å². The van der Waals surface area contributed by atoms with Gasteiger partial charge in [-0.25, -0.2) is 8.78 Å². The number of hydrogen-bond acceptors (Lipinski definition) is 4. The van der Waals surface area contributed by atoms with Crippen molar-refractivity contribution in [1.29, 1.82) is 0 Å². The monoisotopic (exact) mass is 481 g/mol. The third-order valence-corrected chi connectivity index (χ3v) is 7.63. The molecule has 2 aliphatic heterocycles. The van der Waals surface area contributed by atoms with E-state index in [9.17, 15) is 23.2 Å². The molecule has 3 aliphatic rings. The van der Waals surface area contributed by atoms with Gasteiger partial charge in [0.15, 0.2) is 0 Å². The highest BCUT2D eigenvalue weighted by atomic mass is 19.1. The molecule has 184 valence electrons. The molecule has 3 amide bonds. The number of imide groups is 1. The van der Waals surface area contributed by atoms with Crippen LogP contribution in [0.5, 0.6) is 0 Å². The van der Waals surface area contributed by atoms with Gasteiger partial charge in [0.05, 0.1) is 17.9 Å². The summed E-state index contributed by atoms with van der Waals surface area (Å²) in [6.45, 7) is 1.81. The van der Waals surface area contributed by atoms with Crippen LogP contribution in [0.15, 0.2) is 48.5 Å². The van der Waals surface area contributed by atoms with Gasteiger partial charge in [-0.3, -0.25) is 24.2 Å². The Morgan fingerprint density at radius 3 is 1.69 bits per heavy atom. The molecule has 0 aromatic heterocycles. The first-order valence-corrected chi connectivity index (χ1v) is 12.3. The first-order valence-electron chi connectivity index (χ1n) is 12.3. The van der Waals surface area contributed by atoms with E-state index in [-0.39, 0.29) is 53.8 Å². The Bertz CT molecular complexity index is 1030. The van der Waals surface area contributed by atoms with Crippen LogP contribution in [-0.2, 0) is 14.4 Å². The predicted octanol–water partition coefficient (Wildman–Crippen LogP) is 3.37. The van der Waals surface area contributed by atoms with Gasteiger partial charge in [-0.1, -0.05) is 37.1 Å². The maximum atomic E-state index is 13.5. The average molecular weight is 482 g/mol. The lowest BCUT2D eigenvalue weighted by Gasteiger charge is -2.40. The molecule has 0 spiro atoms. The molecule has 0 radical (unpaired) electrons. The summed E-state index contributed by atoms with van der Waals surface area (Å²) in [4.78, 5) is 43.6. The molecule has 1 aliphatic carbocycles. The Labute approximate surface area is 203 Å². The van der Waals surface area contributed by atoms with Crippen LogP contribution in [0.3, 0.4) is 0 Å². The van der Waals surface area contributed by atoms with Crippen LogP contribution in [0.1, 0.15) is 42.9 Å². The van der Waals surface area contributed by atoms with Crippen LogP contribution in [0.2, 0.25) is 0 Å². The van der Waals surface area contributed by atoms with Gasteiger partial charge in [0.2, 0.25) is 17.7 Å². The van der Waals surface area contributed by atoms with Gasteiger partial charge in [0.1, 0.15) is 18.2 Å². The van der Waals surface area contributed by atoms with Crippen LogP contribution >= 0.6 is 0 Å². The van der Waals surface area contributed by atoms with Crippen LogP contribution in [0.4, 0.5) is 8.78 Å². The Balaban J connectivity index is 1.26. The second-order valence-electron chi connectivity index (χ2n) is 9.68. The number of benzene rings is 2. The highest BCUT2D eigenvalue weighted by molar-refractivity contribution is 6.07. The molecular formula is C27H29F2N3O3. The van der Waals surface area contributed by atoms with Crippen molar-refractivity contribution in [3.8, 4) is 0 Å². The largest absolute Gasteiger partial charge is 0.339 e. The second-order valence-corrected chi connectivity index (χ2v) is 9.68. The van der Waals surface area contributed by atoms with E-state index in [4.69, 9.17) is 0 Å². The van der Waals surface area contributed by atoms with E-state index in [2.05, 4.69) is 4.90 Å². The zero-order valence-corrected chi connectivity index (χ0v) is 19.5. The maximum absolute atomic E-state index is 13.5. The number of hydrogen-bond donors (Lipinski definition) is 0. The molecule has 2 aromatic carbocycles. The lowest BCUT2D eigenvalue weighted by atomic mass is 9.81. The highest BCUT2D eigenvalue weighted by Gasteiger charge is 2.48. The Kier molecular flexibility index (Phi) is 6.65. The Hall–Kier alpha value is -3.13. The summed E-state index contributed by atoms with van der Waals surface area (Å²) in [5.41, 5.74) is 1.77. The molecule has 1 saturated carbocycles. The summed E-state index contributed by atoms with van der Waals surface area (Å²) in [5.74, 6) is -1.77.